The van der Waals surface area contributed by atoms with Gasteiger partial charge in [0.2, 0.25) is 0 Å². The zero-order valence-electron chi connectivity index (χ0n) is 14.4. The average Bonchev–Trinajstić information content (AvgIpc) is 3.05. The van der Waals surface area contributed by atoms with Crippen LogP contribution in [0.2, 0.25) is 0 Å². The van der Waals surface area contributed by atoms with Crippen molar-refractivity contribution in [1.82, 2.24) is 14.5 Å². The fraction of sp³-hybridized carbons (Fsp3) is 0.529. The van der Waals surface area contributed by atoms with Crippen molar-refractivity contribution in [3.05, 3.63) is 34.6 Å². The van der Waals surface area contributed by atoms with Crippen LogP contribution in [-0.2, 0) is 0 Å². The summed E-state index contributed by atoms with van der Waals surface area (Å²) in [6, 6.07) is 2.14. The van der Waals surface area contributed by atoms with E-state index < -0.39 is 6.10 Å². The number of thiazole rings is 1. The molecule has 2 aromatic rings. The Balaban J connectivity index is 2.25. The van der Waals surface area contributed by atoms with Gasteiger partial charge in [0.05, 0.1) is 12.6 Å². The van der Waals surface area contributed by atoms with Crippen LogP contribution in [0.4, 0.5) is 0 Å². The number of hydrogen-bond donors (Lipinski definition) is 1. The second-order valence-corrected chi connectivity index (χ2v) is 7.10. The lowest BCUT2D eigenvalue weighted by Gasteiger charge is -2.26. The van der Waals surface area contributed by atoms with Gasteiger partial charge in [-0.2, -0.15) is 0 Å². The summed E-state index contributed by atoms with van der Waals surface area (Å²) in [4.78, 5) is 19.1. The first-order valence-electron chi connectivity index (χ1n) is 7.85. The molecule has 6 heteroatoms. The van der Waals surface area contributed by atoms with Crippen LogP contribution < -0.4 is 0 Å². The fourth-order valence-electron chi connectivity index (χ4n) is 2.73. The van der Waals surface area contributed by atoms with E-state index in [1.165, 1.54) is 0 Å². The highest BCUT2D eigenvalue weighted by Crippen LogP contribution is 2.23. The quantitative estimate of drug-likeness (QED) is 0.791. The van der Waals surface area contributed by atoms with E-state index in [4.69, 9.17) is 0 Å². The third kappa shape index (κ3) is 4.07. The van der Waals surface area contributed by atoms with Gasteiger partial charge in [-0.3, -0.25) is 14.3 Å². The van der Waals surface area contributed by atoms with Crippen molar-refractivity contribution in [2.45, 2.75) is 46.8 Å². The van der Waals surface area contributed by atoms with Gasteiger partial charge in [0.1, 0.15) is 0 Å². The van der Waals surface area contributed by atoms with Crippen LogP contribution in [-0.4, -0.2) is 50.6 Å². The van der Waals surface area contributed by atoms with Gasteiger partial charge in [-0.25, -0.2) is 4.98 Å². The van der Waals surface area contributed by atoms with E-state index in [-0.39, 0.29) is 11.8 Å². The minimum absolute atomic E-state index is 0.0789. The van der Waals surface area contributed by atoms with Crippen LogP contribution in [0.15, 0.2) is 17.6 Å². The van der Waals surface area contributed by atoms with Crippen LogP contribution >= 0.6 is 11.3 Å². The van der Waals surface area contributed by atoms with Gasteiger partial charge in [0, 0.05) is 41.1 Å². The summed E-state index contributed by atoms with van der Waals surface area (Å²) in [6.07, 6.45) is 1.32. The van der Waals surface area contributed by atoms with E-state index in [9.17, 15) is 9.90 Å². The first-order chi connectivity index (χ1) is 10.8. The molecule has 0 fully saturated rings. The molecule has 0 radical (unpaired) electrons. The molecule has 1 atom stereocenters. The zero-order chi connectivity index (χ0) is 17.1. The fourth-order valence-corrected chi connectivity index (χ4v) is 3.48. The largest absolute Gasteiger partial charge is 0.392 e. The van der Waals surface area contributed by atoms with Crippen molar-refractivity contribution >= 4 is 17.1 Å². The number of Topliss-reactive ketones (excluding diaryl/α,β-unsaturated/α-hetero) is 1. The lowest BCUT2D eigenvalue weighted by molar-refractivity contribution is 0.0798. The molecular weight excluding hydrogens is 310 g/mol. The molecule has 0 saturated carbocycles. The van der Waals surface area contributed by atoms with Crippen molar-refractivity contribution in [3.63, 3.8) is 0 Å². The highest BCUT2D eigenvalue weighted by Gasteiger charge is 2.21. The van der Waals surface area contributed by atoms with Crippen LogP contribution in [0.3, 0.4) is 0 Å². The predicted octanol–water partition coefficient (Wildman–Crippen LogP) is 2.82. The number of aryl methyl sites for hydroxylation is 1. The van der Waals surface area contributed by atoms with Crippen molar-refractivity contribution in [2.75, 3.05) is 13.1 Å². The van der Waals surface area contributed by atoms with Gasteiger partial charge in [-0.15, -0.1) is 11.3 Å². The molecule has 2 aromatic heterocycles. The third-order valence-electron chi connectivity index (χ3n) is 3.92. The Morgan fingerprint density at radius 2 is 2.09 bits per heavy atom. The Kier molecular flexibility index (Phi) is 5.73. The van der Waals surface area contributed by atoms with Crippen molar-refractivity contribution in [3.8, 4) is 5.13 Å². The topological polar surface area (TPSA) is 58.4 Å². The molecule has 0 aliphatic carbocycles. The monoisotopic (exact) mass is 335 g/mol. The van der Waals surface area contributed by atoms with Gasteiger partial charge in [0.25, 0.3) is 0 Å². The number of carbonyl (C=O) groups is 1. The molecule has 126 valence electrons. The van der Waals surface area contributed by atoms with E-state index >= 15 is 0 Å². The number of nitrogens with zero attached hydrogens (tertiary/aromatic N) is 3. The lowest BCUT2D eigenvalue weighted by Crippen LogP contribution is -2.40. The first-order valence-corrected chi connectivity index (χ1v) is 8.73. The molecule has 0 amide bonds. The number of aliphatic hydroxyl groups excluding tert-OH is 1. The number of aromatic nitrogens is 2. The van der Waals surface area contributed by atoms with Gasteiger partial charge in [-0.05, 0) is 40.7 Å². The number of carbonyl (C=O) groups excluding carboxylic acids is 1. The number of rotatable bonds is 7. The zero-order valence-corrected chi connectivity index (χ0v) is 15.2. The van der Waals surface area contributed by atoms with Crippen LogP contribution in [0.25, 0.3) is 5.13 Å². The van der Waals surface area contributed by atoms with E-state index in [2.05, 4.69) is 4.98 Å². The summed E-state index contributed by atoms with van der Waals surface area (Å²) in [6.45, 7) is 10.6. The van der Waals surface area contributed by atoms with E-state index in [1.807, 2.05) is 48.6 Å². The predicted molar refractivity (Wildman–Crippen MR) is 93.6 cm³/mol. The highest BCUT2D eigenvalue weighted by molar-refractivity contribution is 7.12. The standard InChI is InChI=1S/C17H25N3O2S/c1-11(2)19(9-13(4)21)10-16(22)15-8-12(3)20(14(15)5)17-18-6-7-23-17/h6-8,11,13,21H,9-10H2,1-5H3. The summed E-state index contributed by atoms with van der Waals surface area (Å²) >= 11 is 1.55. The Bertz CT molecular complexity index is 660. The molecule has 5 nitrogen and oxygen atoms in total. The third-order valence-corrected chi connectivity index (χ3v) is 4.67. The highest BCUT2D eigenvalue weighted by atomic mass is 32.1. The van der Waals surface area contributed by atoms with E-state index in [0.717, 1.165) is 22.1 Å². The molecule has 23 heavy (non-hydrogen) atoms. The number of hydrogen-bond acceptors (Lipinski definition) is 5. The molecule has 2 heterocycles. The second-order valence-electron chi connectivity index (χ2n) is 6.23. The van der Waals surface area contributed by atoms with E-state index in [1.54, 1.807) is 24.5 Å². The van der Waals surface area contributed by atoms with Crippen LogP contribution in [0, 0.1) is 13.8 Å². The molecule has 1 unspecified atom stereocenters. The summed E-state index contributed by atoms with van der Waals surface area (Å²) in [5, 5.41) is 12.4. The molecule has 0 aliphatic heterocycles. The van der Waals surface area contributed by atoms with Crippen LogP contribution in [0.5, 0.6) is 0 Å². The Hall–Kier alpha value is -1.50. The maximum absolute atomic E-state index is 12.7. The number of ketones is 1. The van der Waals surface area contributed by atoms with Gasteiger partial charge in [0.15, 0.2) is 10.9 Å². The Morgan fingerprint density at radius 1 is 1.39 bits per heavy atom. The maximum atomic E-state index is 12.7. The van der Waals surface area contributed by atoms with Crippen molar-refractivity contribution < 1.29 is 9.90 Å². The number of aliphatic hydroxyl groups is 1. The van der Waals surface area contributed by atoms with Gasteiger partial charge >= 0.3 is 0 Å². The molecule has 0 saturated heterocycles. The molecule has 0 aromatic carbocycles. The van der Waals surface area contributed by atoms with E-state index in [0.29, 0.717) is 13.1 Å². The normalized spacial score (nSPS) is 13.0. The molecule has 0 spiro atoms. The Morgan fingerprint density at radius 3 is 2.61 bits per heavy atom. The average molecular weight is 335 g/mol. The van der Waals surface area contributed by atoms with Crippen molar-refractivity contribution in [1.29, 1.82) is 0 Å². The summed E-state index contributed by atoms with van der Waals surface area (Å²) in [7, 11) is 0. The second kappa shape index (κ2) is 7.38. The van der Waals surface area contributed by atoms with Crippen LogP contribution in [0.1, 0.15) is 42.5 Å². The molecule has 0 bridgehead atoms. The smallest absolute Gasteiger partial charge is 0.193 e. The summed E-state index contributed by atoms with van der Waals surface area (Å²) in [5.41, 5.74) is 2.66. The minimum Gasteiger partial charge on any atom is -0.392 e. The molecule has 0 aliphatic rings. The van der Waals surface area contributed by atoms with Gasteiger partial charge in [-0.1, -0.05) is 0 Å². The lowest BCUT2D eigenvalue weighted by atomic mass is 10.1. The first kappa shape index (κ1) is 17.8. The van der Waals surface area contributed by atoms with Crippen molar-refractivity contribution in [2.24, 2.45) is 0 Å². The maximum Gasteiger partial charge on any atom is 0.193 e. The van der Waals surface area contributed by atoms with Gasteiger partial charge < -0.3 is 5.11 Å². The Labute approximate surface area is 141 Å². The SMILES string of the molecule is Cc1cc(C(=O)CN(CC(C)O)C(C)C)c(C)n1-c1nccs1. The summed E-state index contributed by atoms with van der Waals surface area (Å²) in [5.74, 6) is 0.0789. The summed E-state index contributed by atoms with van der Waals surface area (Å²) < 4.78 is 2.02. The molecule has 1 N–H and O–H groups in total. The molecule has 2 rings (SSSR count). The minimum atomic E-state index is -0.451. The molecular formula is C17H25N3O2S.